The van der Waals surface area contributed by atoms with Crippen LogP contribution in [-0.2, 0) is 11.3 Å². The van der Waals surface area contributed by atoms with Gasteiger partial charge in [-0.25, -0.2) is 4.99 Å². The maximum atomic E-state index is 5.40. The predicted octanol–water partition coefficient (Wildman–Crippen LogP) is 3.09. The van der Waals surface area contributed by atoms with E-state index in [1.807, 2.05) is 13.8 Å². The number of aliphatic imine (C=N–C) groups is 1. The van der Waals surface area contributed by atoms with Crippen LogP contribution in [0, 0.1) is 6.92 Å². The van der Waals surface area contributed by atoms with Crippen molar-refractivity contribution in [3.05, 3.63) is 35.4 Å². The van der Waals surface area contributed by atoms with Gasteiger partial charge in [-0.05, 0) is 33.3 Å². The summed E-state index contributed by atoms with van der Waals surface area (Å²) in [5.74, 6) is 0.818. The number of hydrogen-bond donors (Lipinski definition) is 2. The topological polar surface area (TPSA) is 45.7 Å². The van der Waals surface area contributed by atoms with E-state index < -0.39 is 0 Å². The first kappa shape index (κ1) is 20.2. The molecule has 120 valence electrons. The molecule has 0 radical (unpaired) electrons. The van der Waals surface area contributed by atoms with Crippen LogP contribution in [0.15, 0.2) is 29.3 Å². The molecule has 0 saturated carbocycles. The van der Waals surface area contributed by atoms with Crippen LogP contribution in [0.1, 0.15) is 31.9 Å². The monoisotopic (exact) mass is 405 g/mol. The first-order valence-electron chi connectivity index (χ1n) is 7.09. The maximum Gasteiger partial charge on any atom is 0.191 e. The zero-order valence-electron chi connectivity index (χ0n) is 13.7. The maximum absolute atomic E-state index is 5.40. The lowest BCUT2D eigenvalue weighted by atomic mass is 10.1. The summed E-state index contributed by atoms with van der Waals surface area (Å²) in [6.45, 7) is 10.5. The molecule has 0 aliphatic heterocycles. The van der Waals surface area contributed by atoms with Crippen LogP contribution >= 0.6 is 24.0 Å². The highest BCUT2D eigenvalue weighted by atomic mass is 127. The molecule has 0 saturated heterocycles. The van der Waals surface area contributed by atoms with Gasteiger partial charge >= 0.3 is 0 Å². The molecule has 0 bridgehead atoms. The van der Waals surface area contributed by atoms with Gasteiger partial charge in [0, 0.05) is 20.2 Å². The number of rotatable bonds is 6. The van der Waals surface area contributed by atoms with E-state index in [1.54, 1.807) is 7.11 Å². The van der Waals surface area contributed by atoms with Crippen molar-refractivity contribution in [2.24, 2.45) is 4.99 Å². The van der Waals surface area contributed by atoms with Crippen molar-refractivity contribution in [1.29, 1.82) is 0 Å². The highest BCUT2D eigenvalue weighted by Gasteiger charge is 2.16. The minimum absolute atomic E-state index is 0. The number of hydrogen-bond acceptors (Lipinski definition) is 2. The Hall–Kier alpha value is -0.820. The van der Waals surface area contributed by atoms with E-state index in [2.05, 4.69) is 53.7 Å². The molecule has 0 aromatic heterocycles. The Balaban J connectivity index is 0.00000400. The molecule has 0 heterocycles. The minimum Gasteiger partial charge on any atom is -0.377 e. The highest BCUT2D eigenvalue weighted by Crippen LogP contribution is 2.06. The molecule has 1 rings (SSSR count). The summed E-state index contributed by atoms with van der Waals surface area (Å²) in [6, 6.07) is 8.45. The lowest BCUT2D eigenvalue weighted by Gasteiger charge is -2.24. The number of ether oxygens (including phenoxy) is 1. The predicted molar refractivity (Wildman–Crippen MR) is 101 cm³/mol. The number of nitrogens with one attached hydrogen (secondary N) is 2. The number of benzene rings is 1. The molecular weight excluding hydrogens is 377 g/mol. The van der Waals surface area contributed by atoms with E-state index in [0.29, 0.717) is 13.1 Å². The van der Waals surface area contributed by atoms with Crippen LogP contribution in [-0.4, -0.2) is 31.8 Å². The van der Waals surface area contributed by atoms with Gasteiger partial charge in [-0.2, -0.15) is 0 Å². The Kier molecular flexibility index (Phi) is 9.61. The Morgan fingerprint density at radius 3 is 2.33 bits per heavy atom. The van der Waals surface area contributed by atoms with E-state index in [9.17, 15) is 0 Å². The van der Waals surface area contributed by atoms with Gasteiger partial charge in [0.15, 0.2) is 5.96 Å². The van der Waals surface area contributed by atoms with Gasteiger partial charge in [0.05, 0.1) is 12.1 Å². The van der Waals surface area contributed by atoms with Crippen LogP contribution in [0.4, 0.5) is 0 Å². The zero-order valence-corrected chi connectivity index (χ0v) is 16.0. The van der Waals surface area contributed by atoms with Crippen molar-refractivity contribution < 1.29 is 4.74 Å². The number of halogens is 1. The molecule has 0 unspecified atom stereocenters. The molecule has 1 aromatic carbocycles. The number of aryl methyl sites for hydroxylation is 1. The van der Waals surface area contributed by atoms with Crippen LogP contribution < -0.4 is 10.6 Å². The minimum atomic E-state index is -0.208. The fraction of sp³-hybridized carbons (Fsp3) is 0.562. The molecular formula is C16H28IN3O. The first-order valence-corrected chi connectivity index (χ1v) is 7.09. The van der Waals surface area contributed by atoms with E-state index in [4.69, 9.17) is 4.74 Å². The van der Waals surface area contributed by atoms with E-state index in [0.717, 1.165) is 12.5 Å². The lowest BCUT2D eigenvalue weighted by molar-refractivity contribution is 0.0268. The van der Waals surface area contributed by atoms with Crippen molar-refractivity contribution >= 4 is 29.9 Å². The van der Waals surface area contributed by atoms with Crippen LogP contribution in [0.25, 0.3) is 0 Å². The van der Waals surface area contributed by atoms with Gasteiger partial charge < -0.3 is 15.4 Å². The average Bonchev–Trinajstić information content (AvgIpc) is 2.44. The van der Waals surface area contributed by atoms with Gasteiger partial charge in [-0.15, -0.1) is 24.0 Å². The normalized spacial score (nSPS) is 11.8. The molecule has 0 fully saturated rings. The lowest BCUT2D eigenvalue weighted by Crippen LogP contribution is -2.45. The van der Waals surface area contributed by atoms with Crippen LogP contribution in [0.2, 0.25) is 0 Å². The standard InChI is InChI=1S/C16H27N3O.HI/c1-6-17-15(19-12-16(3,4)20-5)18-11-14-9-7-13(2)8-10-14;/h7-10H,6,11-12H2,1-5H3,(H2,17,18,19);1H. The third-order valence-corrected chi connectivity index (χ3v) is 3.12. The third-order valence-electron chi connectivity index (χ3n) is 3.12. The van der Waals surface area contributed by atoms with Gasteiger partial charge in [0.2, 0.25) is 0 Å². The Labute approximate surface area is 145 Å². The van der Waals surface area contributed by atoms with Crippen LogP contribution in [0.3, 0.4) is 0 Å². The van der Waals surface area contributed by atoms with Crippen LogP contribution in [0.5, 0.6) is 0 Å². The number of guanidine groups is 1. The van der Waals surface area contributed by atoms with Crippen molar-refractivity contribution in [2.45, 2.75) is 39.8 Å². The smallest absolute Gasteiger partial charge is 0.191 e. The van der Waals surface area contributed by atoms with Gasteiger partial charge in [-0.3, -0.25) is 0 Å². The number of methoxy groups -OCH3 is 1. The molecule has 2 N–H and O–H groups in total. The molecule has 4 nitrogen and oxygen atoms in total. The molecule has 0 atom stereocenters. The summed E-state index contributed by atoms with van der Waals surface area (Å²) in [6.07, 6.45) is 0. The second-order valence-electron chi connectivity index (χ2n) is 5.50. The van der Waals surface area contributed by atoms with E-state index in [1.165, 1.54) is 11.1 Å². The highest BCUT2D eigenvalue weighted by molar-refractivity contribution is 14.0. The molecule has 1 aromatic rings. The molecule has 0 aliphatic carbocycles. The Morgan fingerprint density at radius 1 is 1.19 bits per heavy atom. The zero-order chi connectivity index (χ0) is 15.0. The molecule has 21 heavy (non-hydrogen) atoms. The van der Waals surface area contributed by atoms with Crippen molar-refractivity contribution in [3.8, 4) is 0 Å². The fourth-order valence-corrected chi connectivity index (χ4v) is 1.57. The Bertz CT molecular complexity index is 430. The average molecular weight is 405 g/mol. The number of nitrogens with zero attached hydrogens (tertiary/aromatic N) is 1. The molecule has 0 aliphatic rings. The van der Waals surface area contributed by atoms with Gasteiger partial charge in [-0.1, -0.05) is 29.8 Å². The van der Waals surface area contributed by atoms with Crippen molar-refractivity contribution in [3.63, 3.8) is 0 Å². The second-order valence-corrected chi connectivity index (χ2v) is 5.50. The molecule has 5 heteroatoms. The van der Waals surface area contributed by atoms with Crippen molar-refractivity contribution in [2.75, 3.05) is 20.2 Å². The summed E-state index contributed by atoms with van der Waals surface area (Å²) in [4.78, 5) is 4.59. The molecule has 0 spiro atoms. The fourth-order valence-electron chi connectivity index (χ4n) is 1.57. The quantitative estimate of drug-likeness (QED) is 0.435. The summed E-state index contributed by atoms with van der Waals surface area (Å²) in [7, 11) is 1.72. The van der Waals surface area contributed by atoms with E-state index >= 15 is 0 Å². The summed E-state index contributed by atoms with van der Waals surface area (Å²) < 4.78 is 5.40. The van der Waals surface area contributed by atoms with Gasteiger partial charge in [0.25, 0.3) is 0 Å². The summed E-state index contributed by atoms with van der Waals surface area (Å²) in [5.41, 5.74) is 2.27. The third kappa shape index (κ3) is 8.26. The van der Waals surface area contributed by atoms with Crippen molar-refractivity contribution in [1.82, 2.24) is 10.6 Å². The SMILES string of the molecule is CCNC(=NCc1ccc(C)cc1)NCC(C)(C)OC.I. The first-order chi connectivity index (χ1) is 9.46. The molecule has 0 amide bonds. The Morgan fingerprint density at radius 2 is 1.81 bits per heavy atom. The largest absolute Gasteiger partial charge is 0.377 e. The van der Waals surface area contributed by atoms with E-state index in [-0.39, 0.29) is 29.6 Å². The summed E-state index contributed by atoms with van der Waals surface area (Å²) >= 11 is 0. The summed E-state index contributed by atoms with van der Waals surface area (Å²) in [5, 5.41) is 6.55. The van der Waals surface area contributed by atoms with Gasteiger partial charge in [0.1, 0.15) is 0 Å². The second kappa shape index (κ2) is 10.00.